The lowest BCUT2D eigenvalue weighted by Gasteiger charge is -2.16. The van der Waals surface area contributed by atoms with Gasteiger partial charge < -0.3 is 24.1 Å². The van der Waals surface area contributed by atoms with Gasteiger partial charge in [-0.2, -0.15) is 0 Å². The average Bonchev–Trinajstić information content (AvgIpc) is 2.70. The first-order valence-corrected chi connectivity index (χ1v) is 9.05. The van der Waals surface area contributed by atoms with Crippen molar-refractivity contribution in [3.8, 4) is 28.7 Å². The molecule has 0 aromatic heterocycles. The largest absolute Gasteiger partial charge is 0.504 e. The van der Waals surface area contributed by atoms with E-state index in [4.69, 9.17) is 18.9 Å². The fraction of sp³-hybridized carbons (Fsp3) is 0.304. The number of allylic oxidation sites excluding steroid dienone is 3. The van der Waals surface area contributed by atoms with Crippen molar-refractivity contribution in [3.05, 3.63) is 53.1 Å². The van der Waals surface area contributed by atoms with E-state index < -0.39 is 0 Å². The van der Waals surface area contributed by atoms with Crippen LogP contribution in [0.4, 0.5) is 0 Å². The maximum absolute atomic E-state index is 10.0. The van der Waals surface area contributed by atoms with Crippen LogP contribution in [0.3, 0.4) is 0 Å². The highest BCUT2D eigenvalue weighted by atomic mass is 16.5. The van der Waals surface area contributed by atoms with Gasteiger partial charge in [0.2, 0.25) is 5.75 Å². The van der Waals surface area contributed by atoms with Gasteiger partial charge in [-0.05, 0) is 59.9 Å². The Hall–Kier alpha value is -3.08. The molecule has 0 aliphatic rings. The number of benzene rings is 2. The molecule has 150 valence electrons. The summed E-state index contributed by atoms with van der Waals surface area (Å²) in [6, 6.07) is 9.20. The van der Waals surface area contributed by atoms with Crippen LogP contribution in [0.5, 0.6) is 28.7 Å². The Labute approximate surface area is 166 Å². The molecule has 0 aliphatic carbocycles. The molecule has 0 aliphatic heterocycles. The van der Waals surface area contributed by atoms with Crippen LogP contribution in [-0.2, 0) is 0 Å². The summed E-state index contributed by atoms with van der Waals surface area (Å²) < 4.78 is 21.5. The van der Waals surface area contributed by atoms with Crippen molar-refractivity contribution >= 4 is 11.6 Å². The van der Waals surface area contributed by atoms with E-state index in [0.29, 0.717) is 23.0 Å². The Morgan fingerprint density at radius 2 is 1.50 bits per heavy atom. The van der Waals surface area contributed by atoms with Gasteiger partial charge in [0.1, 0.15) is 0 Å². The van der Waals surface area contributed by atoms with Crippen molar-refractivity contribution in [1.29, 1.82) is 0 Å². The molecule has 0 atom stereocenters. The van der Waals surface area contributed by atoms with Crippen LogP contribution in [0.15, 0.2) is 42.0 Å². The molecule has 28 heavy (non-hydrogen) atoms. The third kappa shape index (κ3) is 4.60. The highest BCUT2D eigenvalue weighted by Crippen LogP contribution is 2.41. The number of hydrogen-bond acceptors (Lipinski definition) is 5. The zero-order chi connectivity index (χ0) is 20.7. The second-order valence-corrected chi connectivity index (χ2v) is 6.20. The topological polar surface area (TPSA) is 57.2 Å². The molecule has 0 fully saturated rings. The minimum atomic E-state index is 0.109. The van der Waals surface area contributed by atoms with Crippen molar-refractivity contribution in [2.45, 2.75) is 20.3 Å². The molecule has 2 aromatic carbocycles. The molecule has 0 heterocycles. The second-order valence-electron chi connectivity index (χ2n) is 6.20. The lowest BCUT2D eigenvalue weighted by Crippen LogP contribution is -1.97. The van der Waals surface area contributed by atoms with Gasteiger partial charge in [-0.3, -0.25) is 0 Å². The molecule has 0 unspecified atom stereocenters. The second kappa shape index (κ2) is 9.74. The molecule has 2 rings (SSSR count). The summed E-state index contributed by atoms with van der Waals surface area (Å²) in [6.07, 6.45) is 5.03. The van der Waals surface area contributed by atoms with Crippen molar-refractivity contribution in [3.63, 3.8) is 0 Å². The van der Waals surface area contributed by atoms with Gasteiger partial charge in [0.15, 0.2) is 23.0 Å². The summed E-state index contributed by atoms with van der Waals surface area (Å²) in [6.45, 7) is 4.12. The molecule has 0 radical (unpaired) electrons. The number of phenols is 1. The fourth-order valence-corrected chi connectivity index (χ4v) is 3.07. The normalized spacial score (nSPS) is 11.9. The number of rotatable bonds is 8. The standard InChI is InChI=1S/C23H28O5/c1-7-8-18(15(2)11-16-9-10-20(25-3)19(24)12-16)17-13-21(26-4)23(28-6)22(14-17)27-5/h8-14,24H,7H2,1-6H3/b15-11+,18-8?. The van der Waals surface area contributed by atoms with Crippen LogP contribution in [0, 0.1) is 0 Å². The van der Waals surface area contributed by atoms with Crippen LogP contribution in [0.25, 0.3) is 11.6 Å². The van der Waals surface area contributed by atoms with Gasteiger partial charge in [0.05, 0.1) is 28.4 Å². The van der Waals surface area contributed by atoms with E-state index in [0.717, 1.165) is 28.7 Å². The highest BCUT2D eigenvalue weighted by Gasteiger charge is 2.16. The van der Waals surface area contributed by atoms with E-state index in [1.807, 2.05) is 31.2 Å². The van der Waals surface area contributed by atoms with Crippen molar-refractivity contribution < 1.29 is 24.1 Å². The van der Waals surface area contributed by atoms with Crippen molar-refractivity contribution in [2.24, 2.45) is 0 Å². The van der Waals surface area contributed by atoms with Crippen molar-refractivity contribution in [2.75, 3.05) is 28.4 Å². The highest BCUT2D eigenvalue weighted by molar-refractivity contribution is 5.85. The van der Waals surface area contributed by atoms with Gasteiger partial charge in [0, 0.05) is 0 Å². The lowest BCUT2D eigenvalue weighted by atomic mass is 9.95. The first kappa shape index (κ1) is 21.2. The summed E-state index contributed by atoms with van der Waals surface area (Å²) in [7, 11) is 6.33. The maximum Gasteiger partial charge on any atom is 0.203 e. The van der Waals surface area contributed by atoms with E-state index in [1.54, 1.807) is 33.5 Å². The Bertz CT molecular complexity index is 856. The Morgan fingerprint density at radius 1 is 0.893 bits per heavy atom. The number of ether oxygens (including phenoxy) is 4. The molecule has 2 aromatic rings. The molecule has 0 saturated heterocycles. The molecular formula is C23H28O5. The summed E-state index contributed by atoms with van der Waals surface area (Å²) in [5.74, 6) is 2.33. The van der Waals surface area contributed by atoms with Crippen LogP contribution in [-0.4, -0.2) is 33.5 Å². The van der Waals surface area contributed by atoms with E-state index >= 15 is 0 Å². The SMILES string of the molecule is CCC=C(/C(C)=C/c1ccc(OC)c(O)c1)c1cc(OC)c(OC)c(OC)c1. The first-order chi connectivity index (χ1) is 13.5. The van der Waals surface area contributed by atoms with E-state index in [2.05, 4.69) is 13.0 Å². The average molecular weight is 384 g/mol. The molecule has 5 heteroatoms. The quantitative estimate of drug-likeness (QED) is 0.624. The van der Waals surface area contributed by atoms with Gasteiger partial charge in [-0.15, -0.1) is 0 Å². The fourth-order valence-electron chi connectivity index (χ4n) is 3.07. The number of phenolic OH excluding ortho intramolecular Hbond substituents is 1. The molecule has 0 bridgehead atoms. The minimum Gasteiger partial charge on any atom is -0.504 e. The zero-order valence-electron chi connectivity index (χ0n) is 17.3. The van der Waals surface area contributed by atoms with Gasteiger partial charge >= 0.3 is 0 Å². The van der Waals surface area contributed by atoms with Gasteiger partial charge in [-0.1, -0.05) is 25.1 Å². The smallest absolute Gasteiger partial charge is 0.203 e. The number of aromatic hydroxyl groups is 1. The Kier molecular flexibility index (Phi) is 7.38. The minimum absolute atomic E-state index is 0.109. The summed E-state index contributed by atoms with van der Waals surface area (Å²) >= 11 is 0. The monoisotopic (exact) mass is 384 g/mol. The van der Waals surface area contributed by atoms with Gasteiger partial charge in [0.25, 0.3) is 0 Å². The lowest BCUT2D eigenvalue weighted by molar-refractivity contribution is 0.324. The van der Waals surface area contributed by atoms with Crippen LogP contribution in [0.2, 0.25) is 0 Å². The molecule has 0 spiro atoms. The van der Waals surface area contributed by atoms with E-state index in [-0.39, 0.29) is 5.75 Å². The molecule has 5 nitrogen and oxygen atoms in total. The predicted octanol–water partition coefficient (Wildman–Crippen LogP) is 5.32. The predicted molar refractivity (Wildman–Crippen MR) is 113 cm³/mol. The summed E-state index contributed by atoms with van der Waals surface area (Å²) in [4.78, 5) is 0. The number of hydrogen-bond donors (Lipinski definition) is 1. The molecular weight excluding hydrogens is 356 g/mol. The molecule has 0 amide bonds. The van der Waals surface area contributed by atoms with Gasteiger partial charge in [-0.25, -0.2) is 0 Å². The molecule has 1 N–H and O–H groups in total. The van der Waals surface area contributed by atoms with E-state index in [1.165, 1.54) is 7.11 Å². The zero-order valence-corrected chi connectivity index (χ0v) is 17.3. The maximum atomic E-state index is 10.0. The Balaban J connectivity index is 2.53. The summed E-state index contributed by atoms with van der Waals surface area (Å²) in [5, 5.41) is 10.0. The number of methoxy groups -OCH3 is 4. The first-order valence-electron chi connectivity index (χ1n) is 9.05. The Morgan fingerprint density at radius 3 is 1.96 bits per heavy atom. The summed E-state index contributed by atoms with van der Waals surface area (Å²) in [5.41, 5.74) is 3.94. The van der Waals surface area contributed by atoms with Crippen molar-refractivity contribution in [1.82, 2.24) is 0 Å². The van der Waals surface area contributed by atoms with Crippen LogP contribution >= 0.6 is 0 Å². The molecule has 0 saturated carbocycles. The van der Waals surface area contributed by atoms with E-state index in [9.17, 15) is 5.11 Å². The van der Waals surface area contributed by atoms with Crippen LogP contribution < -0.4 is 18.9 Å². The third-order valence-corrected chi connectivity index (χ3v) is 4.39. The third-order valence-electron chi connectivity index (χ3n) is 4.39. The van der Waals surface area contributed by atoms with Crippen LogP contribution in [0.1, 0.15) is 31.4 Å².